The lowest BCUT2D eigenvalue weighted by molar-refractivity contribution is 0.681. The molecule has 0 aliphatic rings. The second-order valence-electron chi connectivity index (χ2n) is 2.97. The van der Waals surface area contributed by atoms with E-state index in [0.29, 0.717) is 0 Å². The molecule has 0 aliphatic heterocycles. The molecule has 1 heterocycles. The van der Waals surface area contributed by atoms with E-state index >= 15 is 0 Å². The second-order valence-corrected chi connectivity index (χ2v) is 4.99. The fourth-order valence-corrected chi connectivity index (χ4v) is 2.13. The number of hydrogen-bond acceptors (Lipinski definition) is 1. The minimum absolute atomic E-state index is 0.822. The zero-order valence-electron chi connectivity index (χ0n) is 7.32. The molecule has 1 aromatic heterocycles. The average Bonchev–Trinajstić information content (AvgIpc) is 2.51. The number of hydrogen-bond donors (Lipinski definition) is 0. The Labute approximate surface area is 105 Å². The highest BCUT2D eigenvalue weighted by molar-refractivity contribution is 14.1. The first kappa shape index (κ1) is 10.2. The Morgan fingerprint density at radius 3 is 2.86 bits per heavy atom. The summed E-state index contributed by atoms with van der Waals surface area (Å²) in [6.45, 7) is 0.822. The molecular formula is C10H8BrIN2. The van der Waals surface area contributed by atoms with Crippen molar-refractivity contribution >= 4 is 38.5 Å². The van der Waals surface area contributed by atoms with Gasteiger partial charge in [0, 0.05) is 10.7 Å². The molecule has 0 amide bonds. The predicted octanol–water partition coefficient (Wildman–Crippen LogP) is 3.30. The van der Waals surface area contributed by atoms with E-state index in [-0.39, 0.29) is 0 Å². The molecule has 2 nitrogen and oxygen atoms in total. The number of aromatic nitrogens is 2. The molecule has 0 saturated heterocycles. The first-order valence-electron chi connectivity index (χ1n) is 4.17. The second kappa shape index (κ2) is 4.44. The van der Waals surface area contributed by atoms with Gasteiger partial charge in [-0.3, -0.25) is 4.68 Å². The van der Waals surface area contributed by atoms with Crippen molar-refractivity contribution in [2.75, 3.05) is 0 Å². The van der Waals surface area contributed by atoms with Gasteiger partial charge in [0.15, 0.2) is 0 Å². The highest BCUT2D eigenvalue weighted by Crippen LogP contribution is 2.12. The van der Waals surface area contributed by atoms with Crippen LogP contribution in [0.1, 0.15) is 5.56 Å². The lowest BCUT2D eigenvalue weighted by atomic mass is 10.2. The Hall–Kier alpha value is -0.360. The molecule has 14 heavy (non-hydrogen) atoms. The smallest absolute Gasteiger partial charge is 0.123 e. The molecule has 0 unspecified atom stereocenters. The maximum absolute atomic E-state index is 4.32. The van der Waals surface area contributed by atoms with E-state index < -0.39 is 0 Å². The summed E-state index contributed by atoms with van der Waals surface area (Å²) in [4.78, 5) is 0. The Morgan fingerprint density at radius 2 is 2.21 bits per heavy atom. The van der Waals surface area contributed by atoms with Crippen LogP contribution >= 0.6 is 38.5 Å². The molecule has 4 heteroatoms. The minimum Gasteiger partial charge on any atom is -0.267 e. The van der Waals surface area contributed by atoms with Gasteiger partial charge in [0.25, 0.3) is 0 Å². The lowest BCUT2D eigenvalue weighted by Crippen LogP contribution is -2.00. The number of halogens is 2. The third-order valence-electron chi connectivity index (χ3n) is 1.84. The van der Waals surface area contributed by atoms with Crippen molar-refractivity contribution in [3.63, 3.8) is 0 Å². The summed E-state index contributed by atoms with van der Waals surface area (Å²) in [6, 6.07) is 10.3. The maximum atomic E-state index is 4.32. The van der Waals surface area contributed by atoms with E-state index in [1.165, 1.54) is 5.56 Å². The Bertz CT molecular complexity index is 439. The monoisotopic (exact) mass is 362 g/mol. The van der Waals surface area contributed by atoms with E-state index in [9.17, 15) is 0 Å². The first-order chi connectivity index (χ1) is 6.74. The standard InChI is InChI=1S/C10H8BrIN2/c11-9-3-1-2-8(6-9)7-14-5-4-10(12)13-14/h1-6H,7H2. The van der Waals surface area contributed by atoms with Crippen molar-refractivity contribution in [1.82, 2.24) is 9.78 Å². The third kappa shape index (κ3) is 2.57. The molecule has 0 radical (unpaired) electrons. The SMILES string of the molecule is Brc1cccc(Cn2ccc(I)n2)c1. The van der Waals surface area contributed by atoms with E-state index in [4.69, 9.17) is 0 Å². The average molecular weight is 363 g/mol. The molecule has 0 aliphatic carbocycles. The van der Waals surface area contributed by atoms with Crippen LogP contribution in [0.5, 0.6) is 0 Å². The molecule has 0 bridgehead atoms. The van der Waals surface area contributed by atoms with Gasteiger partial charge in [-0.2, -0.15) is 5.10 Å². The van der Waals surface area contributed by atoms with E-state index in [2.05, 4.69) is 55.8 Å². The molecule has 0 atom stereocenters. The first-order valence-corrected chi connectivity index (χ1v) is 6.04. The molecule has 0 spiro atoms. The van der Waals surface area contributed by atoms with Crippen LogP contribution in [-0.2, 0) is 6.54 Å². The zero-order valence-corrected chi connectivity index (χ0v) is 11.1. The van der Waals surface area contributed by atoms with Crippen molar-refractivity contribution in [2.45, 2.75) is 6.54 Å². The number of benzene rings is 1. The van der Waals surface area contributed by atoms with E-state index in [0.717, 1.165) is 14.7 Å². The third-order valence-corrected chi connectivity index (χ3v) is 2.91. The van der Waals surface area contributed by atoms with Crippen LogP contribution in [0.15, 0.2) is 41.0 Å². The summed E-state index contributed by atoms with van der Waals surface area (Å²) in [5.74, 6) is 0. The van der Waals surface area contributed by atoms with Gasteiger partial charge in [0.1, 0.15) is 3.70 Å². The van der Waals surface area contributed by atoms with Gasteiger partial charge in [-0.05, 0) is 46.4 Å². The molecule has 0 N–H and O–H groups in total. The molecule has 1 aromatic carbocycles. The number of nitrogens with zero attached hydrogens (tertiary/aromatic N) is 2. The zero-order chi connectivity index (χ0) is 9.97. The molecule has 0 saturated carbocycles. The Morgan fingerprint density at radius 1 is 1.36 bits per heavy atom. The van der Waals surface area contributed by atoms with Gasteiger partial charge in [-0.1, -0.05) is 28.1 Å². The van der Waals surface area contributed by atoms with Crippen LogP contribution in [-0.4, -0.2) is 9.78 Å². The summed E-state index contributed by atoms with van der Waals surface area (Å²) < 4.78 is 4.07. The number of rotatable bonds is 2. The van der Waals surface area contributed by atoms with Crippen LogP contribution in [0.25, 0.3) is 0 Å². The fraction of sp³-hybridized carbons (Fsp3) is 0.100. The van der Waals surface area contributed by atoms with Crippen molar-refractivity contribution in [3.05, 3.63) is 50.3 Å². The summed E-state index contributed by atoms with van der Waals surface area (Å²) in [7, 11) is 0. The lowest BCUT2D eigenvalue weighted by Gasteiger charge is -2.01. The largest absolute Gasteiger partial charge is 0.267 e. The topological polar surface area (TPSA) is 17.8 Å². The van der Waals surface area contributed by atoms with Crippen LogP contribution in [0.3, 0.4) is 0 Å². The molecule has 0 fully saturated rings. The highest BCUT2D eigenvalue weighted by atomic mass is 127. The van der Waals surface area contributed by atoms with Crippen molar-refractivity contribution in [3.8, 4) is 0 Å². The quantitative estimate of drug-likeness (QED) is 0.749. The highest BCUT2D eigenvalue weighted by Gasteiger charge is 1.97. The Kier molecular flexibility index (Phi) is 3.22. The molecule has 2 rings (SSSR count). The van der Waals surface area contributed by atoms with Crippen LogP contribution in [0.2, 0.25) is 0 Å². The van der Waals surface area contributed by atoms with Crippen LogP contribution < -0.4 is 0 Å². The van der Waals surface area contributed by atoms with Gasteiger partial charge >= 0.3 is 0 Å². The van der Waals surface area contributed by atoms with Crippen molar-refractivity contribution in [2.24, 2.45) is 0 Å². The fourth-order valence-electron chi connectivity index (χ4n) is 1.25. The van der Waals surface area contributed by atoms with Crippen molar-refractivity contribution in [1.29, 1.82) is 0 Å². The van der Waals surface area contributed by atoms with Gasteiger partial charge in [-0.15, -0.1) is 0 Å². The van der Waals surface area contributed by atoms with Gasteiger partial charge in [0.05, 0.1) is 6.54 Å². The normalized spacial score (nSPS) is 10.4. The summed E-state index contributed by atoms with van der Waals surface area (Å²) in [5, 5.41) is 4.32. The van der Waals surface area contributed by atoms with Crippen molar-refractivity contribution < 1.29 is 0 Å². The molecular weight excluding hydrogens is 355 g/mol. The Balaban J connectivity index is 2.18. The summed E-state index contributed by atoms with van der Waals surface area (Å²) in [6.07, 6.45) is 1.99. The van der Waals surface area contributed by atoms with Gasteiger partial charge in [-0.25, -0.2) is 0 Å². The van der Waals surface area contributed by atoms with E-state index in [1.807, 2.05) is 29.1 Å². The van der Waals surface area contributed by atoms with Crippen LogP contribution in [0, 0.1) is 3.70 Å². The minimum atomic E-state index is 0.822. The van der Waals surface area contributed by atoms with Gasteiger partial charge in [0.2, 0.25) is 0 Å². The van der Waals surface area contributed by atoms with Crippen LogP contribution in [0.4, 0.5) is 0 Å². The molecule has 72 valence electrons. The van der Waals surface area contributed by atoms with E-state index in [1.54, 1.807) is 0 Å². The summed E-state index contributed by atoms with van der Waals surface area (Å²) in [5.41, 5.74) is 1.25. The van der Waals surface area contributed by atoms with Gasteiger partial charge < -0.3 is 0 Å². The maximum Gasteiger partial charge on any atom is 0.123 e. The molecule has 2 aromatic rings. The predicted molar refractivity (Wildman–Crippen MR) is 68.2 cm³/mol. The summed E-state index contributed by atoms with van der Waals surface area (Å²) >= 11 is 5.66.